The zero-order valence-corrected chi connectivity index (χ0v) is 11.5. The highest BCUT2D eigenvalue weighted by Crippen LogP contribution is 2.05. The molecular weight excluding hydrogens is 236 g/mol. The lowest BCUT2D eigenvalue weighted by atomic mass is 10.1. The lowest BCUT2D eigenvalue weighted by Crippen LogP contribution is -2.52. The first-order valence-corrected chi connectivity index (χ1v) is 6.29. The predicted octanol–water partition coefficient (Wildman–Crippen LogP) is 0.898. The standard InChI is InChI=1S/C12H24N2O4/c1-5-8(3)7-14(6-2)12(18)13-10(9(4)15)11(16)17/h8-10,15H,5-7H2,1-4H3,(H,13,18)(H,16,17). The fourth-order valence-electron chi connectivity index (χ4n) is 1.47. The van der Waals surface area contributed by atoms with Crippen molar-refractivity contribution in [2.24, 2.45) is 5.92 Å². The van der Waals surface area contributed by atoms with E-state index < -0.39 is 24.1 Å². The molecule has 3 N–H and O–H groups in total. The molecule has 3 atom stereocenters. The second kappa shape index (κ2) is 7.92. The second-order valence-electron chi connectivity index (χ2n) is 4.56. The SMILES string of the molecule is CCC(C)CN(CC)C(=O)NC(C(=O)O)C(C)O. The van der Waals surface area contributed by atoms with Gasteiger partial charge in [-0.3, -0.25) is 0 Å². The van der Waals surface area contributed by atoms with Crippen molar-refractivity contribution in [2.45, 2.75) is 46.3 Å². The summed E-state index contributed by atoms with van der Waals surface area (Å²) in [6.45, 7) is 8.31. The highest BCUT2D eigenvalue weighted by atomic mass is 16.4. The fourth-order valence-corrected chi connectivity index (χ4v) is 1.47. The van der Waals surface area contributed by atoms with Crippen LogP contribution in [0.5, 0.6) is 0 Å². The van der Waals surface area contributed by atoms with E-state index in [1.165, 1.54) is 6.92 Å². The minimum atomic E-state index is -1.27. The molecule has 0 heterocycles. The molecule has 0 aromatic carbocycles. The van der Waals surface area contributed by atoms with Crippen molar-refractivity contribution in [3.05, 3.63) is 0 Å². The van der Waals surface area contributed by atoms with Gasteiger partial charge in [-0.05, 0) is 19.8 Å². The van der Waals surface area contributed by atoms with Crippen molar-refractivity contribution in [1.82, 2.24) is 10.2 Å². The van der Waals surface area contributed by atoms with E-state index in [0.29, 0.717) is 19.0 Å². The molecule has 0 aliphatic carbocycles. The van der Waals surface area contributed by atoms with E-state index in [-0.39, 0.29) is 0 Å². The number of hydrogen-bond donors (Lipinski definition) is 3. The van der Waals surface area contributed by atoms with E-state index in [0.717, 1.165) is 6.42 Å². The number of aliphatic carboxylic acids is 1. The predicted molar refractivity (Wildman–Crippen MR) is 68.3 cm³/mol. The van der Waals surface area contributed by atoms with Crippen LogP contribution < -0.4 is 5.32 Å². The quantitative estimate of drug-likeness (QED) is 0.634. The summed E-state index contributed by atoms with van der Waals surface area (Å²) in [5.74, 6) is -0.886. The Balaban J connectivity index is 4.55. The molecule has 0 aliphatic rings. The van der Waals surface area contributed by atoms with Crippen molar-refractivity contribution >= 4 is 12.0 Å². The third-order valence-corrected chi connectivity index (χ3v) is 2.93. The minimum Gasteiger partial charge on any atom is -0.480 e. The van der Waals surface area contributed by atoms with Gasteiger partial charge in [-0.2, -0.15) is 0 Å². The molecule has 2 amide bonds. The molecule has 0 saturated heterocycles. The summed E-state index contributed by atoms with van der Waals surface area (Å²) in [5, 5.41) is 20.5. The molecule has 18 heavy (non-hydrogen) atoms. The Hall–Kier alpha value is -1.30. The number of hydrogen-bond acceptors (Lipinski definition) is 3. The van der Waals surface area contributed by atoms with E-state index >= 15 is 0 Å². The maximum Gasteiger partial charge on any atom is 0.328 e. The number of urea groups is 1. The minimum absolute atomic E-state index is 0.352. The zero-order valence-electron chi connectivity index (χ0n) is 11.5. The third-order valence-electron chi connectivity index (χ3n) is 2.93. The van der Waals surface area contributed by atoms with E-state index in [1.807, 2.05) is 20.8 Å². The van der Waals surface area contributed by atoms with Crippen molar-refractivity contribution in [1.29, 1.82) is 0 Å². The molecule has 106 valence electrons. The van der Waals surface area contributed by atoms with Crippen LogP contribution in [0, 0.1) is 5.92 Å². The van der Waals surface area contributed by atoms with Gasteiger partial charge in [-0.1, -0.05) is 20.3 Å². The molecule has 6 nitrogen and oxygen atoms in total. The van der Waals surface area contributed by atoms with Gasteiger partial charge in [0.15, 0.2) is 6.04 Å². The average Bonchev–Trinajstić information content (AvgIpc) is 2.31. The normalized spacial score (nSPS) is 15.6. The first kappa shape index (κ1) is 16.7. The van der Waals surface area contributed by atoms with E-state index in [4.69, 9.17) is 5.11 Å². The number of rotatable bonds is 7. The van der Waals surface area contributed by atoms with E-state index in [9.17, 15) is 14.7 Å². The monoisotopic (exact) mass is 260 g/mol. The number of carboxylic acid groups (broad SMARTS) is 1. The van der Waals surface area contributed by atoms with Gasteiger partial charge in [-0.25, -0.2) is 9.59 Å². The lowest BCUT2D eigenvalue weighted by Gasteiger charge is -2.27. The summed E-state index contributed by atoms with van der Waals surface area (Å²) in [5.41, 5.74) is 0. The molecule has 3 unspecified atom stereocenters. The molecule has 0 aromatic rings. The highest BCUT2D eigenvalue weighted by Gasteiger charge is 2.27. The molecule has 0 aromatic heterocycles. The summed E-state index contributed by atoms with van der Waals surface area (Å²) >= 11 is 0. The molecule has 0 spiro atoms. The Kier molecular flexibility index (Phi) is 7.35. The second-order valence-corrected chi connectivity index (χ2v) is 4.56. The summed E-state index contributed by atoms with van der Waals surface area (Å²) in [7, 11) is 0. The van der Waals surface area contributed by atoms with Crippen molar-refractivity contribution < 1.29 is 19.8 Å². The summed E-state index contributed by atoms with van der Waals surface area (Å²) in [6, 6.07) is -1.73. The largest absolute Gasteiger partial charge is 0.480 e. The highest BCUT2D eigenvalue weighted by molar-refractivity contribution is 5.83. The van der Waals surface area contributed by atoms with Crippen LogP contribution in [-0.4, -0.2) is 52.3 Å². The fraction of sp³-hybridized carbons (Fsp3) is 0.833. The number of carbonyl (C=O) groups is 2. The molecular formula is C12H24N2O4. The average molecular weight is 260 g/mol. The van der Waals surface area contributed by atoms with Crippen LogP contribution in [0.25, 0.3) is 0 Å². The van der Waals surface area contributed by atoms with Gasteiger partial charge >= 0.3 is 12.0 Å². The Morgan fingerprint density at radius 1 is 1.28 bits per heavy atom. The number of aliphatic hydroxyl groups excluding tert-OH is 1. The molecule has 0 radical (unpaired) electrons. The van der Waals surface area contributed by atoms with E-state index in [2.05, 4.69) is 5.32 Å². The van der Waals surface area contributed by atoms with Crippen LogP contribution in [0.2, 0.25) is 0 Å². The first-order chi connectivity index (χ1) is 8.33. The number of carbonyl (C=O) groups excluding carboxylic acids is 1. The topological polar surface area (TPSA) is 89.9 Å². The summed E-state index contributed by atoms with van der Waals surface area (Å²) in [6.07, 6.45) is -0.184. The maximum absolute atomic E-state index is 11.9. The molecule has 6 heteroatoms. The Bertz CT molecular complexity index is 281. The van der Waals surface area contributed by atoms with Crippen LogP contribution >= 0.6 is 0 Å². The van der Waals surface area contributed by atoms with Crippen molar-refractivity contribution in [3.8, 4) is 0 Å². The smallest absolute Gasteiger partial charge is 0.328 e. The van der Waals surface area contributed by atoms with Gasteiger partial charge in [0.2, 0.25) is 0 Å². The van der Waals surface area contributed by atoms with Crippen molar-refractivity contribution in [3.63, 3.8) is 0 Å². The number of aliphatic hydroxyl groups is 1. The molecule has 0 rings (SSSR count). The number of carboxylic acids is 1. The zero-order chi connectivity index (χ0) is 14.3. The maximum atomic E-state index is 11.9. The summed E-state index contributed by atoms with van der Waals surface area (Å²) in [4.78, 5) is 24.3. The Labute approximate surface area is 108 Å². The van der Waals surface area contributed by atoms with Gasteiger partial charge in [-0.15, -0.1) is 0 Å². The van der Waals surface area contributed by atoms with E-state index in [1.54, 1.807) is 4.90 Å². The van der Waals surface area contributed by atoms with Gasteiger partial charge in [0.1, 0.15) is 0 Å². The van der Waals surface area contributed by atoms with Crippen LogP contribution in [0.4, 0.5) is 4.79 Å². The lowest BCUT2D eigenvalue weighted by molar-refractivity contribution is -0.141. The third kappa shape index (κ3) is 5.35. The molecule has 0 saturated carbocycles. The molecule has 0 fully saturated rings. The van der Waals surface area contributed by atoms with Crippen LogP contribution in [0.15, 0.2) is 0 Å². The Morgan fingerprint density at radius 2 is 1.83 bits per heavy atom. The first-order valence-electron chi connectivity index (χ1n) is 6.29. The number of nitrogens with zero attached hydrogens (tertiary/aromatic N) is 1. The van der Waals surface area contributed by atoms with Gasteiger partial charge in [0, 0.05) is 13.1 Å². The van der Waals surface area contributed by atoms with Gasteiger partial charge < -0.3 is 20.4 Å². The van der Waals surface area contributed by atoms with Crippen molar-refractivity contribution in [2.75, 3.05) is 13.1 Å². The number of amides is 2. The van der Waals surface area contributed by atoms with Gasteiger partial charge in [0.25, 0.3) is 0 Å². The molecule has 0 aliphatic heterocycles. The Morgan fingerprint density at radius 3 is 2.17 bits per heavy atom. The van der Waals surface area contributed by atoms with Crippen LogP contribution in [0.3, 0.4) is 0 Å². The molecule has 0 bridgehead atoms. The number of nitrogens with one attached hydrogen (secondary N) is 1. The van der Waals surface area contributed by atoms with Crippen LogP contribution in [0.1, 0.15) is 34.1 Å². The van der Waals surface area contributed by atoms with Gasteiger partial charge in [0.05, 0.1) is 6.10 Å². The summed E-state index contributed by atoms with van der Waals surface area (Å²) < 4.78 is 0. The van der Waals surface area contributed by atoms with Crippen LogP contribution in [-0.2, 0) is 4.79 Å².